The second-order valence-corrected chi connectivity index (χ2v) is 9.46. The number of nitro benzene ring substituents is 2. The standard InChI is InChI=1S/C28H41N5O4/c1-2-3-4-5-6-7-8-9-10-11-12-13-14-15-22-29-24-16-18-25(19-17-24)30-31-26-20-21-27(32(34)35)28(23-26)33(36)37/h16-21,23,29H,2-15,22H2,1H3/b31-30+. The van der Waals surface area contributed by atoms with E-state index in [1.54, 1.807) is 12.1 Å². The van der Waals surface area contributed by atoms with Crippen LogP contribution in [0.1, 0.15) is 96.8 Å². The van der Waals surface area contributed by atoms with E-state index in [0.29, 0.717) is 5.69 Å². The van der Waals surface area contributed by atoms with Crippen LogP contribution in [0, 0.1) is 20.2 Å². The van der Waals surface area contributed by atoms with Crippen molar-refractivity contribution in [3.05, 3.63) is 62.7 Å². The topological polar surface area (TPSA) is 123 Å². The summed E-state index contributed by atoms with van der Waals surface area (Å²) in [6.07, 6.45) is 18.9. The summed E-state index contributed by atoms with van der Waals surface area (Å²) in [6, 6.07) is 10.9. The highest BCUT2D eigenvalue weighted by atomic mass is 16.6. The van der Waals surface area contributed by atoms with Crippen molar-refractivity contribution in [3.63, 3.8) is 0 Å². The van der Waals surface area contributed by atoms with Crippen LogP contribution in [0.4, 0.5) is 28.4 Å². The monoisotopic (exact) mass is 511 g/mol. The van der Waals surface area contributed by atoms with Crippen LogP contribution < -0.4 is 5.32 Å². The molecule has 1 N–H and O–H groups in total. The Balaban J connectivity index is 1.57. The van der Waals surface area contributed by atoms with Crippen LogP contribution in [0.25, 0.3) is 0 Å². The highest BCUT2D eigenvalue weighted by Gasteiger charge is 2.24. The lowest BCUT2D eigenvalue weighted by molar-refractivity contribution is -0.422. The van der Waals surface area contributed by atoms with Crippen LogP contribution in [0.3, 0.4) is 0 Å². The van der Waals surface area contributed by atoms with Crippen molar-refractivity contribution < 1.29 is 9.85 Å². The van der Waals surface area contributed by atoms with Crippen molar-refractivity contribution in [2.45, 2.75) is 96.8 Å². The van der Waals surface area contributed by atoms with Gasteiger partial charge in [-0.2, -0.15) is 10.2 Å². The first-order valence-corrected chi connectivity index (χ1v) is 13.7. The summed E-state index contributed by atoms with van der Waals surface area (Å²) in [5, 5.41) is 33.4. The van der Waals surface area contributed by atoms with Crippen molar-refractivity contribution in [2.24, 2.45) is 10.2 Å². The Labute approximate surface area is 220 Å². The number of nitro groups is 2. The third-order valence-electron chi connectivity index (χ3n) is 6.36. The van der Waals surface area contributed by atoms with E-state index in [0.717, 1.165) is 30.8 Å². The smallest absolute Gasteiger partial charge is 0.348 e. The van der Waals surface area contributed by atoms with E-state index >= 15 is 0 Å². The molecule has 0 unspecified atom stereocenters. The van der Waals surface area contributed by atoms with Crippen molar-refractivity contribution in [3.8, 4) is 0 Å². The van der Waals surface area contributed by atoms with E-state index in [1.807, 2.05) is 12.1 Å². The summed E-state index contributed by atoms with van der Waals surface area (Å²) in [7, 11) is 0. The first-order chi connectivity index (χ1) is 18.0. The first kappa shape index (κ1) is 29.9. The van der Waals surface area contributed by atoms with Gasteiger partial charge in [0, 0.05) is 18.3 Å². The quantitative estimate of drug-likeness (QED) is 0.0819. The van der Waals surface area contributed by atoms with E-state index < -0.39 is 21.2 Å². The van der Waals surface area contributed by atoms with Crippen molar-refractivity contribution in [2.75, 3.05) is 11.9 Å². The minimum atomic E-state index is -0.796. The Morgan fingerprint density at radius 2 is 1.08 bits per heavy atom. The maximum Gasteiger partial charge on any atom is 0.348 e. The van der Waals surface area contributed by atoms with Gasteiger partial charge in [0.25, 0.3) is 0 Å². The molecule has 0 saturated heterocycles. The van der Waals surface area contributed by atoms with Gasteiger partial charge in [-0.15, -0.1) is 0 Å². The third-order valence-corrected chi connectivity index (χ3v) is 6.36. The molecule has 2 rings (SSSR count). The summed E-state index contributed by atoms with van der Waals surface area (Å²) >= 11 is 0. The summed E-state index contributed by atoms with van der Waals surface area (Å²) in [5.41, 5.74) is 0.586. The van der Waals surface area contributed by atoms with Gasteiger partial charge in [0.15, 0.2) is 0 Å². The molecule has 0 bridgehead atoms. The van der Waals surface area contributed by atoms with E-state index in [2.05, 4.69) is 22.5 Å². The molecule has 0 aromatic heterocycles. The van der Waals surface area contributed by atoms with Gasteiger partial charge < -0.3 is 5.32 Å². The molecular formula is C28H41N5O4. The van der Waals surface area contributed by atoms with Gasteiger partial charge in [0.1, 0.15) is 0 Å². The van der Waals surface area contributed by atoms with Gasteiger partial charge in [-0.3, -0.25) is 20.2 Å². The zero-order chi connectivity index (χ0) is 26.7. The van der Waals surface area contributed by atoms with Gasteiger partial charge in [-0.05, 0) is 36.8 Å². The minimum absolute atomic E-state index is 0.178. The predicted octanol–water partition coefficient (Wildman–Crippen LogP) is 9.81. The second kappa shape index (κ2) is 18.0. The maximum atomic E-state index is 11.1. The molecule has 0 atom stereocenters. The Hall–Kier alpha value is -3.36. The number of azo groups is 1. The molecule has 2 aromatic rings. The number of benzene rings is 2. The molecule has 0 saturated carbocycles. The van der Waals surface area contributed by atoms with E-state index in [1.165, 1.54) is 89.5 Å². The molecule has 0 spiro atoms. The largest absolute Gasteiger partial charge is 0.385 e. The number of unbranched alkanes of at least 4 members (excludes halogenated alkanes) is 13. The SMILES string of the molecule is CCCCCCCCCCCCCCCCNc1ccc(/N=N/c2ccc([N+](=O)[O-])c([N+](=O)[O-])c2)cc1. The van der Waals surface area contributed by atoms with Gasteiger partial charge in [-0.25, -0.2) is 0 Å². The lowest BCUT2D eigenvalue weighted by Crippen LogP contribution is -2.00. The fourth-order valence-corrected chi connectivity index (χ4v) is 4.19. The molecule has 0 aliphatic heterocycles. The Bertz CT molecular complexity index is 979. The van der Waals surface area contributed by atoms with Crippen LogP contribution in [-0.4, -0.2) is 16.4 Å². The number of rotatable bonds is 20. The minimum Gasteiger partial charge on any atom is -0.385 e. The van der Waals surface area contributed by atoms with Gasteiger partial charge in [0.2, 0.25) is 0 Å². The summed E-state index contributed by atoms with van der Waals surface area (Å²) in [6.45, 7) is 3.19. The summed E-state index contributed by atoms with van der Waals surface area (Å²) < 4.78 is 0. The number of nitrogens with one attached hydrogen (secondary N) is 1. The predicted molar refractivity (Wildman–Crippen MR) is 149 cm³/mol. The van der Waals surface area contributed by atoms with Crippen molar-refractivity contribution in [1.29, 1.82) is 0 Å². The second-order valence-electron chi connectivity index (χ2n) is 9.46. The molecule has 9 nitrogen and oxygen atoms in total. The Kier molecular flexibility index (Phi) is 14.5. The number of nitrogens with zero attached hydrogens (tertiary/aromatic N) is 4. The fraction of sp³-hybridized carbons (Fsp3) is 0.571. The highest BCUT2D eigenvalue weighted by Crippen LogP contribution is 2.31. The van der Waals surface area contributed by atoms with Gasteiger partial charge >= 0.3 is 11.4 Å². The molecule has 0 radical (unpaired) electrons. The molecule has 202 valence electrons. The van der Waals surface area contributed by atoms with E-state index in [4.69, 9.17) is 0 Å². The number of hydrogen-bond donors (Lipinski definition) is 1. The van der Waals surface area contributed by atoms with Crippen LogP contribution in [0.2, 0.25) is 0 Å². The van der Waals surface area contributed by atoms with Crippen molar-refractivity contribution >= 4 is 28.4 Å². The first-order valence-electron chi connectivity index (χ1n) is 13.7. The summed E-state index contributed by atoms with van der Waals surface area (Å²) in [4.78, 5) is 20.4. The van der Waals surface area contributed by atoms with Crippen molar-refractivity contribution in [1.82, 2.24) is 0 Å². The normalized spacial score (nSPS) is 11.2. The zero-order valence-electron chi connectivity index (χ0n) is 22.1. The molecular weight excluding hydrogens is 470 g/mol. The molecule has 0 fully saturated rings. The highest BCUT2D eigenvalue weighted by molar-refractivity contribution is 5.60. The van der Waals surface area contributed by atoms with Crippen LogP contribution in [-0.2, 0) is 0 Å². The van der Waals surface area contributed by atoms with Crippen LogP contribution in [0.5, 0.6) is 0 Å². The van der Waals surface area contributed by atoms with Gasteiger partial charge in [-0.1, -0.05) is 90.4 Å². The average Bonchev–Trinajstić information content (AvgIpc) is 2.90. The third kappa shape index (κ3) is 12.4. The molecule has 0 amide bonds. The zero-order valence-corrected chi connectivity index (χ0v) is 22.1. The number of hydrogen-bond acceptors (Lipinski definition) is 7. The Morgan fingerprint density at radius 1 is 0.622 bits per heavy atom. The molecule has 0 aliphatic rings. The molecule has 9 heteroatoms. The number of anilines is 1. The molecule has 37 heavy (non-hydrogen) atoms. The van der Waals surface area contributed by atoms with Crippen LogP contribution >= 0.6 is 0 Å². The van der Waals surface area contributed by atoms with Gasteiger partial charge in [0.05, 0.1) is 27.3 Å². The fourth-order valence-electron chi connectivity index (χ4n) is 4.19. The van der Waals surface area contributed by atoms with E-state index in [9.17, 15) is 20.2 Å². The molecule has 2 aromatic carbocycles. The lowest BCUT2D eigenvalue weighted by atomic mass is 10.0. The van der Waals surface area contributed by atoms with E-state index in [-0.39, 0.29) is 5.69 Å². The average molecular weight is 512 g/mol. The summed E-state index contributed by atoms with van der Waals surface area (Å²) in [5.74, 6) is 0. The maximum absolute atomic E-state index is 11.1. The molecule has 0 aliphatic carbocycles. The Morgan fingerprint density at radius 3 is 1.59 bits per heavy atom. The lowest BCUT2D eigenvalue weighted by Gasteiger charge is -2.06. The molecule has 0 heterocycles. The van der Waals surface area contributed by atoms with Crippen LogP contribution in [0.15, 0.2) is 52.7 Å².